The van der Waals surface area contributed by atoms with Crippen LogP contribution in [0.15, 0.2) is 67.1 Å². The molecule has 0 atom stereocenters. The number of aromatic nitrogens is 4. The van der Waals surface area contributed by atoms with Crippen molar-refractivity contribution in [1.82, 2.24) is 24.8 Å². The van der Waals surface area contributed by atoms with E-state index < -0.39 is 0 Å². The van der Waals surface area contributed by atoms with Crippen LogP contribution < -0.4 is 4.90 Å². The molecule has 1 aliphatic heterocycles. The van der Waals surface area contributed by atoms with Gasteiger partial charge in [-0.05, 0) is 36.4 Å². The van der Waals surface area contributed by atoms with Crippen molar-refractivity contribution in [2.24, 2.45) is 0 Å². The second-order valence-electron chi connectivity index (χ2n) is 7.67. The molecule has 1 fully saturated rings. The molecular formula is C24H20Cl2N6O. The summed E-state index contributed by atoms with van der Waals surface area (Å²) in [6.07, 6.45) is 5.21. The van der Waals surface area contributed by atoms with Crippen LogP contribution in [0.1, 0.15) is 10.5 Å². The molecule has 5 rings (SSSR count). The Kier molecular flexibility index (Phi) is 5.98. The fraction of sp³-hybridized carbons (Fsp3) is 0.167. The van der Waals surface area contributed by atoms with E-state index in [0.717, 1.165) is 28.5 Å². The molecule has 33 heavy (non-hydrogen) atoms. The van der Waals surface area contributed by atoms with Gasteiger partial charge in [0.2, 0.25) is 0 Å². The van der Waals surface area contributed by atoms with Crippen molar-refractivity contribution < 1.29 is 4.79 Å². The zero-order valence-corrected chi connectivity index (χ0v) is 19.1. The van der Waals surface area contributed by atoms with Crippen molar-refractivity contribution in [2.75, 3.05) is 31.1 Å². The van der Waals surface area contributed by atoms with Gasteiger partial charge >= 0.3 is 0 Å². The number of nitrogens with zero attached hydrogens (tertiary/aromatic N) is 5. The first-order chi connectivity index (χ1) is 16.1. The van der Waals surface area contributed by atoms with E-state index in [0.29, 0.717) is 41.9 Å². The largest absolute Gasteiger partial charge is 0.353 e. The van der Waals surface area contributed by atoms with E-state index in [-0.39, 0.29) is 5.91 Å². The molecule has 0 aliphatic carbocycles. The van der Waals surface area contributed by atoms with Crippen LogP contribution in [0.5, 0.6) is 0 Å². The first-order valence-electron chi connectivity index (χ1n) is 10.5. The Labute approximate surface area is 201 Å². The van der Waals surface area contributed by atoms with Crippen molar-refractivity contribution in [3.05, 3.63) is 82.9 Å². The zero-order chi connectivity index (χ0) is 22.8. The highest BCUT2D eigenvalue weighted by Gasteiger charge is 2.23. The van der Waals surface area contributed by atoms with Crippen molar-refractivity contribution in [1.29, 1.82) is 0 Å². The van der Waals surface area contributed by atoms with E-state index in [2.05, 4.69) is 24.8 Å². The van der Waals surface area contributed by atoms with Crippen LogP contribution in [0.4, 0.5) is 5.82 Å². The van der Waals surface area contributed by atoms with Crippen LogP contribution in [-0.4, -0.2) is 56.9 Å². The zero-order valence-electron chi connectivity index (χ0n) is 17.6. The fourth-order valence-corrected chi connectivity index (χ4v) is 4.08. The number of benzene rings is 1. The molecule has 4 aromatic rings. The van der Waals surface area contributed by atoms with Crippen molar-refractivity contribution in [3.63, 3.8) is 0 Å². The van der Waals surface area contributed by atoms with Gasteiger partial charge in [0, 0.05) is 49.7 Å². The number of anilines is 1. The summed E-state index contributed by atoms with van der Waals surface area (Å²) >= 11 is 12.1. The predicted octanol–water partition coefficient (Wildman–Crippen LogP) is 4.80. The molecule has 3 aromatic heterocycles. The maximum Gasteiger partial charge on any atom is 0.272 e. The van der Waals surface area contributed by atoms with Gasteiger partial charge in [-0.1, -0.05) is 35.3 Å². The second kappa shape index (κ2) is 9.21. The molecule has 0 unspecified atom stereocenters. The number of halogens is 2. The third-order valence-electron chi connectivity index (χ3n) is 5.60. The van der Waals surface area contributed by atoms with Gasteiger partial charge in [-0.25, -0.2) is 9.97 Å². The Morgan fingerprint density at radius 1 is 0.848 bits per heavy atom. The summed E-state index contributed by atoms with van der Waals surface area (Å²) < 4.78 is 0. The maximum absolute atomic E-state index is 12.6. The van der Waals surface area contributed by atoms with Gasteiger partial charge < -0.3 is 14.8 Å². The Hall–Kier alpha value is -3.42. The lowest BCUT2D eigenvalue weighted by Gasteiger charge is -2.35. The summed E-state index contributed by atoms with van der Waals surface area (Å²) in [6.45, 7) is 2.69. The lowest BCUT2D eigenvalue weighted by Crippen LogP contribution is -2.49. The SMILES string of the molecule is O=C(c1ccccn1)N1CCN(c2ccc(-c3ncc(-c4ccc(Cl)c(Cl)c4)[nH]3)cn2)CC1. The van der Waals surface area contributed by atoms with Crippen LogP contribution in [0.25, 0.3) is 22.6 Å². The Balaban J connectivity index is 1.24. The Bertz CT molecular complexity index is 1270. The molecule has 0 saturated carbocycles. The standard InChI is InChI=1S/C24H20Cl2N6O/c25-18-6-4-16(13-19(18)26)21-15-29-23(30-21)17-5-7-22(28-14-17)31-9-11-32(12-10-31)24(33)20-3-1-2-8-27-20/h1-8,13-15H,9-12H2,(H,29,30). The summed E-state index contributed by atoms with van der Waals surface area (Å²) in [7, 11) is 0. The second-order valence-corrected chi connectivity index (χ2v) is 8.49. The number of rotatable bonds is 4. The van der Waals surface area contributed by atoms with Gasteiger partial charge in [0.25, 0.3) is 5.91 Å². The summed E-state index contributed by atoms with van der Waals surface area (Å²) in [6, 6.07) is 14.8. The van der Waals surface area contributed by atoms with Gasteiger partial charge in [0.15, 0.2) is 0 Å². The van der Waals surface area contributed by atoms with E-state index in [1.807, 2.05) is 29.2 Å². The number of carbonyl (C=O) groups is 1. The summed E-state index contributed by atoms with van der Waals surface area (Å²) in [5.74, 6) is 1.56. The molecule has 1 saturated heterocycles. The van der Waals surface area contributed by atoms with E-state index in [1.165, 1.54) is 0 Å². The van der Waals surface area contributed by atoms with Gasteiger partial charge in [0.1, 0.15) is 17.3 Å². The molecule has 7 nitrogen and oxygen atoms in total. The van der Waals surface area contributed by atoms with E-state index in [4.69, 9.17) is 23.2 Å². The number of nitrogens with one attached hydrogen (secondary N) is 1. The number of hydrogen-bond donors (Lipinski definition) is 1. The molecule has 166 valence electrons. The first-order valence-corrected chi connectivity index (χ1v) is 11.3. The van der Waals surface area contributed by atoms with Gasteiger partial charge in [-0.2, -0.15) is 0 Å². The number of hydrogen-bond acceptors (Lipinski definition) is 5. The Morgan fingerprint density at radius 2 is 1.67 bits per heavy atom. The molecule has 4 heterocycles. The maximum atomic E-state index is 12.6. The van der Waals surface area contributed by atoms with Crippen molar-refractivity contribution in [3.8, 4) is 22.6 Å². The minimum absolute atomic E-state index is 0.0332. The quantitative estimate of drug-likeness (QED) is 0.455. The number of imidazole rings is 1. The molecule has 1 amide bonds. The summed E-state index contributed by atoms with van der Waals surface area (Å²) in [5.41, 5.74) is 3.12. The number of aromatic amines is 1. The summed E-state index contributed by atoms with van der Waals surface area (Å²) in [5, 5.41) is 1.01. The highest BCUT2D eigenvalue weighted by Crippen LogP contribution is 2.29. The Morgan fingerprint density at radius 3 is 2.36 bits per heavy atom. The van der Waals surface area contributed by atoms with Gasteiger partial charge in [0.05, 0.1) is 21.9 Å². The monoisotopic (exact) mass is 478 g/mol. The highest BCUT2D eigenvalue weighted by atomic mass is 35.5. The van der Waals surface area contributed by atoms with Gasteiger partial charge in [-0.15, -0.1) is 0 Å². The third kappa shape index (κ3) is 4.55. The number of amides is 1. The molecule has 1 aromatic carbocycles. The van der Waals surface area contributed by atoms with E-state index in [9.17, 15) is 4.79 Å². The minimum Gasteiger partial charge on any atom is -0.353 e. The molecule has 9 heteroatoms. The van der Waals surface area contributed by atoms with Crippen LogP contribution in [0.3, 0.4) is 0 Å². The highest BCUT2D eigenvalue weighted by molar-refractivity contribution is 6.42. The molecule has 1 aliphatic rings. The molecule has 0 spiro atoms. The van der Waals surface area contributed by atoms with Crippen LogP contribution in [0, 0.1) is 0 Å². The molecule has 0 radical (unpaired) electrons. The number of carbonyl (C=O) groups excluding carboxylic acids is 1. The summed E-state index contributed by atoms with van der Waals surface area (Å²) in [4.78, 5) is 33.2. The lowest BCUT2D eigenvalue weighted by molar-refractivity contribution is 0.0740. The van der Waals surface area contributed by atoms with Crippen LogP contribution >= 0.6 is 23.2 Å². The number of piperazine rings is 1. The number of pyridine rings is 2. The molecule has 1 N–H and O–H groups in total. The smallest absolute Gasteiger partial charge is 0.272 e. The van der Waals surface area contributed by atoms with Crippen molar-refractivity contribution >= 4 is 34.9 Å². The minimum atomic E-state index is -0.0332. The average Bonchev–Trinajstić information content (AvgIpc) is 3.36. The topological polar surface area (TPSA) is 78.0 Å². The van der Waals surface area contributed by atoms with Crippen LogP contribution in [0.2, 0.25) is 10.0 Å². The molecule has 0 bridgehead atoms. The normalized spacial score (nSPS) is 13.9. The fourth-order valence-electron chi connectivity index (χ4n) is 3.78. The predicted molar refractivity (Wildman–Crippen MR) is 130 cm³/mol. The van der Waals surface area contributed by atoms with Crippen molar-refractivity contribution in [2.45, 2.75) is 0 Å². The van der Waals surface area contributed by atoms with Gasteiger partial charge in [-0.3, -0.25) is 9.78 Å². The van der Waals surface area contributed by atoms with E-state index >= 15 is 0 Å². The lowest BCUT2D eigenvalue weighted by atomic mass is 10.2. The van der Waals surface area contributed by atoms with Crippen LogP contribution in [-0.2, 0) is 0 Å². The molecular weight excluding hydrogens is 459 g/mol. The van der Waals surface area contributed by atoms with E-state index in [1.54, 1.807) is 42.9 Å². The number of H-pyrrole nitrogens is 1. The first kappa shape index (κ1) is 21.4. The average molecular weight is 479 g/mol. The third-order valence-corrected chi connectivity index (χ3v) is 6.34.